The molecule has 1 aromatic carbocycles. The molecule has 1 saturated heterocycles. The highest BCUT2D eigenvalue weighted by Crippen LogP contribution is 2.19. The summed E-state index contributed by atoms with van der Waals surface area (Å²) in [6.07, 6.45) is 2.24. The number of carbonyl (C=O) groups is 1. The molecule has 1 fully saturated rings. The molecule has 2 aromatic rings. The van der Waals surface area contributed by atoms with Crippen LogP contribution in [0.15, 0.2) is 35.8 Å². The first-order valence-electron chi connectivity index (χ1n) is 7.84. The number of amides is 1. The van der Waals surface area contributed by atoms with Gasteiger partial charge in [0.2, 0.25) is 5.91 Å². The molecule has 0 bridgehead atoms. The Morgan fingerprint density at radius 1 is 1.26 bits per heavy atom. The van der Waals surface area contributed by atoms with Crippen molar-refractivity contribution >= 4 is 22.4 Å². The SMILES string of the molecule is Cc1ccccc1OCCC(=O)N1CCN(c2nccs2)CC1. The lowest BCUT2D eigenvalue weighted by Crippen LogP contribution is -2.49. The Bertz CT molecular complexity index is 637. The largest absolute Gasteiger partial charge is 0.493 e. The topological polar surface area (TPSA) is 45.7 Å². The third kappa shape index (κ3) is 4.01. The third-order valence-electron chi connectivity index (χ3n) is 3.99. The van der Waals surface area contributed by atoms with Gasteiger partial charge in [-0.2, -0.15) is 0 Å². The van der Waals surface area contributed by atoms with Crippen molar-refractivity contribution < 1.29 is 9.53 Å². The molecule has 23 heavy (non-hydrogen) atoms. The van der Waals surface area contributed by atoms with Crippen LogP contribution in [0.3, 0.4) is 0 Å². The Hall–Kier alpha value is -2.08. The summed E-state index contributed by atoms with van der Waals surface area (Å²) in [6, 6.07) is 7.87. The minimum absolute atomic E-state index is 0.164. The quantitative estimate of drug-likeness (QED) is 0.845. The van der Waals surface area contributed by atoms with Gasteiger partial charge in [-0.15, -0.1) is 11.3 Å². The predicted molar refractivity (Wildman–Crippen MR) is 92.2 cm³/mol. The lowest BCUT2D eigenvalue weighted by Gasteiger charge is -2.34. The Morgan fingerprint density at radius 2 is 2.04 bits per heavy atom. The van der Waals surface area contributed by atoms with Crippen molar-refractivity contribution in [1.29, 1.82) is 0 Å². The number of hydrogen-bond acceptors (Lipinski definition) is 5. The minimum Gasteiger partial charge on any atom is -0.493 e. The van der Waals surface area contributed by atoms with Crippen LogP contribution in [0.25, 0.3) is 0 Å². The molecule has 3 rings (SSSR count). The molecule has 0 spiro atoms. The molecule has 0 saturated carbocycles. The van der Waals surface area contributed by atoms with E-state index in [1.165, 1.54) is 0 Å². The van der Waals surface area contributed by atoms with Crippen LogP contribution in [0, 0.1) is 6.92 Å². The first kappa shape index (κ1) is 15.8. The summed E-state index contributed by atoms with van der Waals surface area (Å²) in [5.41, 5.74) is 1.09. The number of ether oxygens (including phenoxy) is 1. The maximum absolute atomic E-state index is 12.3. The van der Waals surface area contributed by atoms with E-state index < -0.39 is 0 Å². The molecule has 0 unspecified atom stereocenters. The lowest BCUT2D eigenvalue weighted by molar-refractivity contribution is -0.132. The lowest BCUT2D eigenvalue weighted by atomic mass is 10.2. The van der Waals surface area contributed by atoms with E-state index in [4.69, 9.17) is 4.74 Å². The summed E-state index contributed by atoms with van der Waals surface area (Å²) in [5, 5.41) is 3.02. The molecule has 1 aliphatic heterocycles. The number of para-hydroxylation sites is 1. The summed E-state index contributed by atoms with van der Waals surface area (Å²) < 4.78 is 5.71. The van der Waals surface area contributed by atoms with Crippen molar-refractivity contribution in [1.82, 2.24) is 9.88 Å². The molecule has 0 N–H and O–H groups in total. The zero-order valence-electron chi connectivity index (χ0n) is 13.3. The fourth-order valence-corrected chi connectivity index (χ4v) is 3.34. The minimum atomic E-state index is 0.164. The number of rotatable bonds is 5. The summed E-state index contributed by atoms with van der Waals surface area (Å²) in [6.45, 7) is 5.63. The summed E-state index contributed by atoms with van der Waals surface area (Å²) in [4.78, 5) is 20.8. The van der Waals surface area contributed by atoms with E-state index in [0.29, 0.717) is 13.0 Å². The standard InChI is InChI=1S/C17H21N3O2S/c1-14-4-2-3-5-15(14)22-12-6-16(21)19-8-10-20(11-9-19)17-18-7-13-23-17/h2-5,7,13H,6,8-12H2,1H3. The van der Waals surface area contributed by atoms with Gasteiger partial charge in [-0.1, -0.05) is 18.2 Å². The van der Waals surface area contributed by atoms with E-state index >= 15 is 0 Å². The van der Waals surface area contributed by atoms with Crippen molar-refractivity contribution in [3.8, 4) is 5.75 Å². The molecule has 5 nitrogen and oxygen atoms in total. The van der Waals surface area contributed by atoms with Crippen LogP contribution < -0.4 is 9.64 Å². The number of thiazole rings is 1. The number of benzene rings is 1. The first-order chi connectivity index (χ1) is 11.2. The van der Waals surface area contributed by atoms with E-state index in [1.54, 1.807) is 11.3 Å². The van der Waals surface area contributed by atoms with Gasteiger partial charge in [0.05, 0.1) is 13.0 Å². The number of nitrogens with zero attached hydrogens (tertiary/aromatic N) is 3. The highest BCUT2D eigenvalue weighted by atomic mass is 32.1. The van der Waals surface area contributed by atoms with Crippen LogP contribution in [-0.2, 0) is 4.79 Å². The normalized spacial score (nSPS) is 14.8. The molecular formula is C17H21N3O2S. The molecule has 1 aliphatic rings. The van der Waals surface area contributed by atoms with Gasteiger partial charge in [0.15, 0.2) is 5.13 Å². The zero-order chi connectivity index (χ0) is 16.1. The van der Waals surface area contributed by atoms with E-state index in [-0.39, 0.29) is 5.91 Å². The maximum atomic E-state index is 12.3. The van der Waals surface area contributed by atoms with Crippen LogP contribution in [0.5, 0.6) is 5.75 Å². The van der Waals surface area contributed by atoms with Crippen LogP contribution in [0.4, 0.5) is 5.13 Å². The van der Waals surface area contributed by atoms with Crippen molar-refractivity contribution in [3.05, 3.63) is 41.4 Å². The molecule has 1 aromatic heterocycles. The van der Waals surface area contributed by atoms with E-state index in [0.717, 1.165) is 42.6 Å². The van der Waals surface area contributed by atoms with E-state index in [1.807, 2.05) is 47.7 Å². The van der Waals surface area contributed by atoms with E-state index in [2.05, 4.69) is 9.88 Å². The Balaban J connectivity index is 1.42. The summed E-state index contributed by atoms with van der Waals surface area (Å²) in [5.74, 6) is 1.02. The fourth-order valence-electron chi connectivity index (χ4n) is 2.64. The van der Waals surface area contributed by atoms with E-state index in [9.17, 15) is 4.79 Å². The highest BCUT2D eigenvalue weighted by molar-refractivity contribution is 7.13. The average molecular weight is 331 g/mol. The van der Waals surface area contributed by atoms with Crippen molar-refractivity contribution in [2.45, 2.75) is 13.3 Å². The number of aromatic nitrogens is 1. The van der Waals surface area contributed by atoms with Gasteiger partial charge in [-0.05, 0) is 18.6 Å². The second kappa shape index (κ2) is 7.46. The van der Waals surface area contributed by atoms with Crippen molar-refractivity contribution in [3.63, 3.8) is 0 Å². The molecule has 0 aliphatic carbocycles. The second-order valence-electron chi connectivity index (χ2n) is 5.55. The van der Waals surface area contributed by atoms with Gasteiger partial charge in [0, 0.05) is 37.8 Å². The molecule has 6 heteroatoms. The number of piperazine rings is 1. The number of hydrogen-bond donors (Lipinski definition) is 0. The number of anilines is 1. The maximum Gasteiger partial charge on any atom is 0.226 e. The monoisotopic (exact) mass is 331 g/mol. The van der Waals surface area contributed by atoms with Gasteiger partial charge >= 0.3 is 0 Å². The fraction of sp³-hybridized carbons (Fsp3) is 0.412. The van der Waals surface area contributed by atoms with Gasteiger partial charge in [-0.3, -0.25) is 4.79 Å². The number of aryl methyl sites for hydroxylation is 1. The molecular weight excluding hydrogens is 310 g/mol. The Labute approximate surface area is 140 Å². The van der Waals surface area contributed by atoms with Crippen LogP contribution >= 0.6 is 11.3 Å². The van der Waals surface area contributed by atoms with Gasteiger partial charge in [-0.25, -0.2) is 4.98 Å². The molecule has 0 radical (unpaired) electrons. The van der Waals surface area contributed by atoms with Gasteiger partial charge < -0.3 is 14.5 Å². The molecule has 2 heterocycles. The number of carbonyl (C=O) groups excluding carboxylic acids is 1. The first-order valence-corrected chi connectivity index (χ1v) is 8.72. The van der Waals surface area contributed by atoms with Crippen molar-refractivity contribution in [2.24, 2.45) is 0 Å². The Morgan fingerprint density at radius 3 is 2.74 bits per heavy atom. The summed E-state index contributed by atoms with van der Waals surface area (Å²) in [7, 11) is 0. The predicted octanol–water partition coefficient (Wildman–Crippen LogP) is 2.57. The summed E-state index contributed by atoms with van der Waals surface area (Å²) >= 11 is 1.64. The zero-order valence-corrected chi connectivity index (χ0v) is 14.1. The average Bonchev–Trinajstić information content (AvgIpc) is 3.11. The van der Waals surface area contributed by atoms with Crippen LogP contribution in [0.1, 0.15) is 12.0 Å². The molecule has 122 valence electrons. The van der Waals surface area contributed by atoms with Gasteiger partial charge in [0.25, 0.3) is 0 Å². The highest BCUT2D eigenvalue weighted by Gasteiger charge is 2.22. The third-order valence-corrected chi connectivity index (χ3v) is 4.82. The Kier molecular flexibility index (Phi) is 5.12. The molecule has 0 atom stereocenters. The van der Waals surface area contributed by atoms with Gasteiger partial charge in [0.1, 0.15) is 5.75 Å². The van der Waals surface area contributed by atoms with Crippen LogP contribution in [-0.4, -0.2) is 48.6 Å². The van der Waals surface area contributed by atoms with Crippen molar-refractivity contribution in [2.75, 3.05) is 37.7 Å². The smallest absolute Gasteiger partial charge is 0.226 e. The second-order valence-corrected chi connectivity index (χ2v) is 6.42. The van der Waals surface area contributed by atoms with Crippen LogP contribution in [0.2, 0.25) is 0 Å². The molecule has 1 amide bonds.